The van der Waals surface area contributed by atoms with E-state index < -0.39 is 101 Å². The van der Waals surface area contributed by atoms with E-state index in [-0.39, 0.29) is 89.1 Å². The molecule has 0 spiro atoms. The SMILES string of the molecule is COC(=O)COc1cc2c3cc(c(OCC(=O)OC)cc3OCC(=O)OC)c3cc(OCC(=O)OC)c(OCC(=O)OC)cc3c3cc(c(OCC(=O)OC)cc3OCC(=O)OC)c2cc1OCC(=O)OC. The van der Waals surface area contributed by atoms with Crippen LogP contribution in [-0.4, -0.2) is 157 Å². The number of benzene rings is 4. The van der Waals surface area contributed by atoms with E-state index in [2.05, 4.69) is 0 Å². The molecule has 5 aromatic rings. The molecule has 0 amide bonds. The fourth-order valence-corrected chi connectivity index (χ4v) is 6.47. The number of carbonyl (C=O) groups excluding carboxylic acids is 8. The lowest BCUT2D eigenvalue weighted by molar-refractivity contribution is -0.144. The summed E-state index contributed by atoms with van der Waals surface area (Å²) < 4.78 is 86.9. The van der Waals surface area contributed by atoms with Crippen LogP contribution in [0.1, 0.15) is 0 Å². The smallest absolute Gasteiger partial charge is 0.343 e. The van der Waals surface area contributed by atoms with Crippen LogP contribution in [0.4, 0.5) is 0 Å². The van der Waals surface area contributed by atoms with Crippen molar-refractivity contribution in [3.63, 3.8) is 0 Å². The van der Waals surface area contributed by atoms with Gasteiger partial charge in [0.05, 0.1) is 56.9 Å². The van der Waals surface area contributed by atoms with E-state index in [0.29, 0.717) is 0 Å². The molecule has 0 atom stereocenters. The molecule has 0 N–H and O–H groups in total. The summed E-state index contributed by atoms with van der Waals surface area (Å²) in [5.41, 5.74) is 0. The first kappa shape index (κ1) is 54.0. The summed E-state index contributed by atoms with van der Waals surface area (Å²) in [5, 5.41) is 1.00. The van der Waals surface area contributed by atoms with E-state index in [9.17, 15) is 38.4 Å². The third kappa shape index (κ3) is 13.6. The van der Waals surface area contributed by atoms with Crippen molar-refractivity contribution in [3.05, 3.63) is 48.5 Å². The van der Waals surface area contributed by atoms with Gasteiger partial charge in [0.1, 0.15) is 23.0 Å². The van der Waals surface area contributed by atoms with Crippen molar-refractivity contribution >= 4 is 90.8 Å². The summed E-state index contributed by atoms with van der Waals surface area (Å²) >= 11 is 0. The summed E-state index contributed by atoms with van der Waals surface area (Å²) in [6.07, 6.45) is 0. The largest absolute Gasteiger partial charge is 0.481 e. The number of rotatable bonds is 24. The number of hydrogen-bond acceptors (Lipinski definition) is 24. The number of hydrogen-bond donors (Lipinski definition) is 0. The molecule has 0 saturated heterocycles. The van der Waals surface area contributed by atoms with Gasteiger partial charge in [-0.05, 0) is 57.9 Å². The lowest BCUT2D eigenvalue weighted by Gasteiger charge is -2.20. The molecular formula is C48H48O24. The van der Waals surface area contributed by atoms with Gasteiger partial charge in [0.15, 0.2) is 75.9 Å². The molecule has 0 aliphatic carbocycles. The molecule has 0 aliphatic rings. The van der Waals surface area contributed by atoms with Crippen LogP contribution in [0, 0.1) is 0 Å². The second-order valence-corrected chi connectivity index (χ2v) is 14.3. The minimum Gasteiger partial charge on any atom is -0.481 e. The van der Waals surface area contributed by atoms with Crippen molar-refractivity contribution in [3.8, 4) is 46.0 Å². The Labute approximate surface area is 408 Å². The van der Waals surface area contributed by atoms with Crippen LogP contribution >= 0.6 is 0 Å². The molecule has 24 heteroatoms. The topological polar surface area (TPSA) is 284 Å². The summed E-state index contributed by atoms with van der Waals surface area (Å²) in [5.74, 6) is -7.59. The van der Waals surface area contributed by atoms with Crippen LogP contribution in [0.15, 0.2) is 48.5 Å². The van der Waals surface area contributed by atoms with E-state index >= 15 is 0 Å². The van der Waals surface area contributed by atoms with Gasteiger partial charge in [-0.25, -0.2) is 38.4 Å². The van der Waals surface area contributed by atoms with Gasteiger partial charge in [-0.1, -0.05) is 0 Å². The summed E-state index contributed by atoms with van der Waals surface area (Å²) in [7, 11) is 9.06. The van der Waals surface area contributed by atoms with E-state index in [0.717, 1.165) is 56.9 Å². The molecule has 4 bridgehead atoms. The molecule has 0 unspecified atom stereocenters. The van der Waals surface area contributed by atoms with E-state index in [1.54, 1.807) is 0 Å². The van der Waals surface area contributed by atoms with E-state index in [1.165, 1.54) is 48.5 Å². The van der Waals surface area contributed by atoms with Crippen molar-refractivity contribution in [1.29, 1.82) is 0 Å². The molecule has 24 nitrogen and oxygen atoms in total. The Hall–Kier alpha value is -8.96. The zero-order valence-corrected chi connectivity index (χ0v) is 40.1. The van der Waals surface area contributed by atoms with Gasteiger partial charge in [0.25, 0.3) is 0 Å². The van der Waals surface area contributed by atoms with Gasteiger partial charge < -0.3 is 75.8 Å². The predicted octanol–water partition coefficient (Wildman–Crippen LogP) is 3.28. The number of esters is 8. The fourth-order valence-electron chi connectivity index (χ4n) is 6.47. The quantitative estimate of drug-likeness (QED) is 0.0633. The van der Waals surface area contributed by atoms with Gasteiger partial charge >= 0.3 is 47.8 Å². The van der Waals surface area contributed by atoms with E-state index in [4.69, 9.17) is 75.8 Å². The third-order valence-electron chi connectivity index (χ3n) is 10.1. The maximum Gasteiger partial charge on any atom is 0.343 e. The van der Waals surface area contributed by atoms with Crippen LogP contribution in [0.25, 0.3) is 43.1 Å². The highest BCUT2D eigenvalue weighted by Crippen LogP contribution is 2.48. The second-order valence-electron chi connectivity index (χ2n) is 14.3. The zero-order chi connectivity index (χ0) is 52.5. The van der Waals surface area contributed by atoms with Gasteiger partial charge in [0.2, 0.25) is 0 Å². The Morgan fingerprint density at radius 2 is 0.375 bits per heavy atom. The highest BCUT2D eigenvalue weighted by molar-refractivity contribution is 6.19. The average Bonchev–Trinajstić information content (AvgIpc) is 3.40. The first-order valence-electron chi connectivity index (χ1n) is 20.9. The number of ether oxygens (including phenoxy) is 16. The normalized spacial score (nSPS) is 10.6. The maximum absolute atomic E-state index is 12.7. The zero-order valence-electron chi connectivity index (χ0n) is 40.1. The summed E-state index contributed by atoms with van der Waals surface area (Å²) in [6, 6.07) is 11.3. The van der Waals surface area contributed by atoms with Crippen LogP contribution in [0.3, 0.4) is 0 Å². The highest BCUT2D eigenvalue weighted by Gasteiger charge is 2.24. The Morgan fingerprint density at radius 1 is 0.222 bits per heavy atom. The predicted molar refractivity (Wildman–Crippen MR) is 245 cm³/mol. The standard InChI is InChI=1S/C48H48O24/c1-57-41(49)17-65-33-15-34(66-18-42(50)58-2)30-9-29(33)25-11-37(69-21-45(53)61-5)38(70-22-46(54)62-6)12-26(25)31-10-32(36(68-20-44(52)60-4)16-35(31)67-19-43(51)59-3)28-14-40(72-24-48(56)64-8)39(13-27(28)30)71-23-47(55)63-7/h9-16H,17-24H2,1-8H3. The summed E-state index contributed by atoms with van der Waals surface area (Å²) in [4.78, 5) is 101. The number of fused-ring (bicyclic) bond motifs is 10. The minimum absolute atomic E-state index is 0.106. The minimum atomic E-state index is -0.819. The fraction of sp³-hybridized carbons (Fsp3) is 0.333. The van der Waals surface area contributed by atoms with Gasteiger partial charge in [-0.15, -0.1) is 0 Å². The maximum atomic E-state index is 12.7. The molecule has 0 heterocycles. The van der Waals surface area contributed by atoms with Crippen molar-refractivity contribution < 1.29 is 114 Å². The Balaban J connectivity index is 2.20. The molecule has 0 aliphatic heterocycles. The molecular weight excluding hydrogens is 961 g/mol. The molecule has 0 radical (unpaired) electrons. The number of carbonyl (C=O) groups is 8. The van der Waals surface area contributed by atoms with Crippen LogP contribution < -0.4 is 37.9 Å². The van der Waals surface area contributed by atoms with Crippen molar-refractivity contribution in [2.24, 2.45) is 0 Å². The van der Waals surface area contributed by atoms with Gasteiger partial charge in [-0.3, -0.25) is 0 Å². The Bertz CT molecular complexity index is 2540. The molecule has 72 heavy (non-hydrogen) atoms. The van der Waals surface area contributed by atoms with E-state index in [1.807, 2.05) is 0 Å². The molecule has 0 saturated carbocycles. The first-order valence-corrected chi connectivity index (χ1v) is 20.9. The Morgan fingerprint density at radius 3 is 0.528 bits per heavy atom. The molecule has 5 rings (SSSR count). The molecule has 5 aromatic carbocycles. The summed E-state index contributed by atoms with van der Waals surface area (Å²) in [6.45, 7) is -5.44. The molecule has 0 aromatic heterocycles. The van der Waals surface area contributed by atoms with Crippen molar-refractivity contribution in [2.75, 3.05) is 110 Å². The van der Waals surface area contributed by atoms with Crippen molar-refractivity contribution in [2.45, 2.75) is 0 Å². The Kier molecular flexibility index (Phi) is 19.2. The van der Waals surface area contributed by atoms with Gasteiger partial charge in [0, 0.05) is 33.7 Å². The van der Waals surface area contributed by atoms with Crippen LogP contribution in [0.5, 0.6) is 46.0 Å². The lowest BCUT2D eigenvalue weighted by atomic mass is 9.96. The molecule has 384 valence electrons. The highest BCUT2D eigenvalue weighted by atomic mass is 16.6. The monoisotopic (exact) mass is 1010 g/mol. The average molecular weight is 1010 g/mol. The number of methoxy groups -OCH3 is 8. The van der Waals surface area contributed by atoms with Crippen LogP contribution in [0.2, 0.25) is 0 Å². The third-order valence-corrected chi connectivity index (χ3v) is 10.1. The van der Waals surface area contributed by atoms with Gasteiger partial charge in [-0.2, -0.15) is 0 Å². The van der Waals surface area contributed by atoms with Crippen LogP contribution in [-0.2, 0) is 76.3 Å². The lowest BCUT2D eigenvalue weighted by Crippen LogP contribution is -2.16. The van der Waals surface area contributed by atoms with Crippen molar-refractivity contribution in [1.82, 2.24) is 0 Å². The second kappa shape index (κ2) is 25.6. The first-order chi connectivity index (χ1) is 34.6. The molecule has 0 fully saturated rings.